The first-order chi connectivity index (χ1) is 17.9. The molecule has 0 aliphatic carbocycles. The fourth-order valence-corrected chi connectivity index (χ4v) is 5.85. The van der Waals surface area contributed by atoms with E-state index in [4.69, 9.17) is 46.4 Å². The predicted molar refractivity (Wildman–Crippen MR) is 153 cm³/mol. The molecule has 1 N–H and O–H groups in total. The monoisotopic (exact) mass is 615 g/mol. The molecule has 0 bridgehead atoms. The maximum absolute atomic E-state index is 13.8. The Morgan fingerprint density at radius 3 is 2.18 bits per heavy atom. The van der Waals surface area contributed by atoms with Crippen LogP contribution in [0.3, 0.4) is 0 Å². The molecule has 38 heavy (non-hydrogen) atoms. The number of nitrogens with one attached hydrogen (secondary N) is 1. The lowest BCUT2D eigenvalue weighted by molar-refractivity contribution is -0.139. The summed E-state index contributed by atoms with van der Waals surface area (Å²) in [6, 6.07) is 15.9. The number of carbonyl (C=O) groups is 2. The second-order valence-corrected chi connectivity index (χ2v) is 11.8. The van der Waals surface area contributed by atoms with E-state index in [1.54, 1.807) is 50.2 Å². The van der Waals surface area contributed by atoms with Crippen LogP contribution in [0.25, 0.3) is 0 Å². The molecule has 3 aromatic carbocycles. The van der Waals surface area contributed by atoms with E-state index < -0.39 is 34.4 Å². The van der Waals surface area contributed by atoms with Crippen LogP contribution >= 0.6 is 46.4 Å². The lowest BCUT2D eigenvalue weighted by Gasteiger charge is -2.32. The zero-order valence-corrected chi connectivity index (χ0v) is 24.3. The van der Waals surface area contributed by atoms with Gasteiger partial charge in [-0.25, -0.2) is 8.42 Å². The van der Waals surface area contributed by atoms with Gasteiger partial charge in [-0.1, -0.05) is 70.7 Å². The third kappa shape index (κ3) is 7.12. The molecule has 0 unspecified atom stereocenters. The van der Waals surface area contributed by atoms with E-state index in [9.17, 15) is 18.0 Å². The molecule has 0 radical (unpaired) electrons. The topological polar surface area (TPSA) is 86.8 Å². The van der Waals surface area contributed by atoms with E-state index in [0.29, 0.717) is 17.1 Å². The van der Waals surface area contributed by atoms with Crippen molar-refractivity contribution in [2.75, 3.05) is 17.4 Å². The van der Waals surface area contributed by atoms with Crippen LogP contribution in [-0.2, 0) is 26.2 Å². The van der Waals surface area contributed by atoms with Crippen molar-refractivity contribution in [2.45, 2.75) is 31.3 Å². The van der Waals surface area contributed by atoms with Gasteiger partial charge in [0.2, 0.25) is 11.8 Å². The average Bonchev–Trinajstić information content (AvgIpc) is 2.89. The van der Waals surface area contributed by atoms with E-state index in [0.717, 1.165) is 4.31 Å². The van der Waals surface area contributed by atoms with Crippen LogP contribution in [0.2, 0.25) is 20.1 Å². The molecule has 2 amide bonds. The van der Waals surface area contributed by atoms with Crippen molar-refractivity contribution in [3.8, 4) is 0 Å². The fourth-order valence-electron chi connectivity index (χ4n) is 3.65. The van der Waals surface area contributed by atoms with Gasteiger partial charge < -0.3 is 10.2 Å². The smallest absolute Gasteiger partial charge is 0.264 e. The van der Waals surface area contributed by atoms with E-state index in [1.807, 2.05) is 0 Å². The minimum Gasteiger partial charge on any atom is -0.355 e. The Morgan fingerprint density at radius 2 is 1.55 bits per heavy atom. The highest BCUT2D eigenvalue weighted by Gasteiger charge is 2.33. The summed E-state index contributed by atoms with van der Waals surface area (Å²) in [5, 5.41) is 3.62. The van der Waals surface area contributed by atoms with Gasteiger partial charge in [-0.05, 0) is 61.9 Å². The largest absolute Gasteiger partial charge is 0.355 e. The van der Waals surface area contributed by atoms with Crippen molar-refractivity contribution in [2.24, 2.45) is 0 Å². The number of nitrogens with zero attached hydrogens (tertiary/aromatic N) is 2. The minimum atomic E-state index is -4.26. The number of sulfonamides is 1. The number of halogens is 4. The highest BCUT2D eigenvalue weighted by atomic mass is 35.5. The Morgan fingerprint density at radius 1 is 0.895 bits per heavy atom. The van der Waals surface area contributed by atoms with E-state index >= 15 is 0 Å². The molecule has 0 fully saturated rings. The van der Waals surface area contributed by atoms with Gasteiger partial charge in [0.15, 0.2) is 0 Å². The second-order valence-electron chi connectivity index (χ2n) is 8.26. The molecule has 0 aromatic heterocycles. The first-order valence-corrected chi connectivity index (χ1v) is 14.4. The summed E-state index contributed by atoms with van der Waals surface area (Å²) in [5.74, 6) is -1.05. The molecule has 7 nitrogen and oxygen atoms in total. The van der Waals surface area contributed by atoms with Crippen molar-refractivity contribution < 1.29 is 18.0 Å². The first-order valence-electron chi connectivity index (χ1n) is 11.5. The Kier molecular flexibility index (Phi) is 10.3. The summed E-state index contributed by atoms with van der Waals surface area (Å²) in [5.41, 5.74) is 0.624. The lowest BCUT2D eigenvalue weighted by atomic mass is 10.1. The second kappa shape index (κ2) is 13.0. The molecule has 12 heteroatoms. The van der Waals surface area contributed by atoms with E-state index in [-0.39, 0.29) is 32.2 Å². The number of hydrogen-bond acceptors (Lipinski definition) is 4. The summed E-state index contributed by atoms with van der Waals surface area (Å²) in [6.07, 6.45) is 0. The molecule has 3 aromatic rings. The lowest BCUT2D eigenvalue weighted by Crippen LogP contribution is -2.51. The van der Waals surface area contributed by atoms with Crippen molar-refractivity contribution >= 4 is 73.9 Å². The van der Waals surface area contributed by atoms with E-state index in [2.05, 4.69) is 5.32 Å². The van der Waals surface area contributed by atoms with Gasteiger partial charge in [0.05, 0.1) is 25.7 Å². The summed E-state index contributed by atoms with van der Waals surface area (Å²) < 4.78 is 28.4. The molecule has 0 aliphatic rings. The van der Waals surface area contributed by atoms with Gasteiger partial charge in [-0.2, -0.15) is 0 Å². The molecular weight excluding hydrogens is 592 g/mol. The van der Waals surface area contributed by atoms with Crippen LogP contribution in [0.4, 0.5) is 5.69 Å². The highest BCUT2D eigenvalue weighted by molar-refractivity contribution is 7.92. The number of anilines is 1. The van der Waals surface area contributed by atoms with Crippen LogP contribution in [0, 0.1) is 0 Å². The number of hydrogen-bond donors (Lipinski definition) is 1. The van der Waals surface area contributed by atoms with Gasteiger partial charge in [0, 0.05) is 18.1 Å². The molecule has 0 saturated carbocycles. The van der Waals surface area contributed by atoms with Crippen LogP contribution in [-0.4, -0.2) is 44.3 Å². The van der Waals surface area contributed by atoms with Crippen molar-refractivity contribution in [1.29, 1.82) is 0 Å². The Labute approximate surface area is 242 Å². The summed E-state index contributed by atoms with van der Waals surface area (Å²) >= 11 is 24.7. The Bertz CT molecular complexity index is 1420. The van der Waals surface area contributed by atoms with E-state index in [1.165, 1.54) is 35.2 Å². The summed E-state index contributed by atoms with van der Waals surface area (Å²) in [6.45, 7) is 2.98. The zero-order valence-electron chi connectivity index (χ0n) is 20.5. The van der Waals surface area contributed by atoms with Gasteiger partial charge in [0.1, 0.15) is 12.6 Å². The molecule has 0 saturated heterocycles. The summed E-state index contributed by atoms with van der Waals surface area (Å²) in [7, 11) is -4.26. The van der Waals surface area contributed by atoms with Crippen LogP contribution in [0.1, 0.15) is 19.4 Å². The van der Waals surface area contributed by atoms with Crippen LogP contribution in [0.15, 0.2) is 71.6 Å². The SMILES string of the molecule is CCNC(=O)[C@@H](C)N(Cc1ccc(Cl)c(Cl)c1)C(=O)CN(c1cc(Cl)ccc1Cl)S(=O)(=O)c1ccccc1. The zero-order chi connectivity index (χ0) is 28.0. The predicted octanol–water partition coefficient (Wildman–Crippen LogP) is 6.05. The Balaban J connectivity index is 2.07. The van der Waals surface area contributed by atoms with Gasteiger partial charge in [0.25, 0.3) is 10.0 Å². The number of carbonyl (C=O) groups excluding carboxylic acids is 2. The van der Waals surface area contributed by atoms with Crippen LogP contribution in [0.5, 0.6) is 0 Å². The number of rotatable bonds is 10. The van der Waals surface area contributed by atoms with Crippen LogP contribution < -0.4 is 9.62 Å². The molecular formula is C26H25Cl4N3O4S. The minimum absolute atomic E-state index is 0.0246. The molecule has 1 atom stereocenters. The maximum Gasteiger partial charge on any atom is 0.264 e. The fraction of sp³-hybridized carbons (Fsp3) is 0.231. The third-order valence-electron chi connectivity index (χ3n) is 5.64. The molecule has 202 valence electrons. The number of benzene rings is 3. The molecule has 0 aliphatic heterocycles. The number of amides is 2. The average molecular weight is 617 g/mol. The van der Waals surface area contributed by atoms with Gasteiger partial charge in [-0.3, -0.25) is 13.9 Å². The third-order valence-corrected chi connectivity index (χ3v) is 8.71. The highest BCUT2D eigenvalue weighted by Crippen LogP contribution is 2.33. The molecule has 0 spiro atoms. The standard InChI is InChI=1S/C26H25Cl4N3O4S/c1-3-31-26(35)17(2)32(15-18-9-11-21(28)23(30)13-18)25(34)16-33(24-14-19(27)10-12-22(24)29)38(36,37)20-7-5-4-6-8-20/h4-14,17H,3,15-16H2,1-2H3,(H,31,35)/t17-/m1/s1. The normalized spacial score (nSPS) is 12.1. The van der Waals surface area contributed by atoms with Crippen molar-refractivity contribution in [1.82, 2.24) is 10.2 Å². The Hall–Kier alpha value is -2.49. The van der Waals surface area contributed by atoms with Gasteiger partial charge >= 0.3 is 0 Å². The van der Waals surface area contributed by atoms with Crippen molar-refractivity contribution in [3.05, 3.63) is 92.4 Å². The summed E-state index contributed by atoms with van der Waals surface area (Å²) in [4.78, 5) is 27.8. The quantitative estimate of drug-likeness (QED) is 0.300. The van der Waals surface area contributed by atoms with Crippen molar-refractivity contribution in [3.63, 3.8) is 0 Å². The molecule has 0 heterocycles. The first kappa shape index (κ1) is 30.1. The number of likely N-dealkylation sites (N-methyl/N-ethyl adjacent to an activating group) is 1. The van der Waals surface area contributed by atoms with Gasteiger partial charge in [-0.15, -0.1) is 0 Å². The maximum atomic E-state index is 13.8. The molecule has 3 rings (SSSR count).